The number of aliphatic hydroxyl groups is 1. The van der Waals surface area contributed by atoms with E-state index in [1.165, 1.54) is 18.6 Å². The second kappa shape index (κ2) is 7.58. The zero-order valence-electron chi connectivity index (χ0n) is 11.0. The van der Waals surface area contributed by atoms with Crippen LogP contribution in [0.3, 0.4) is 0 Å². The topological polar surface area (TPSA) is 49.3 Å². The molecule has 1 aliphatic heterocycles. The fourth-order valence-electron chi connectivity index (χ4n) is 2.01. The lowest BCUT2D eigenvalue weighted by Gasteiger charge is -2.10. The summed E-state index contributed by atoms with van der Waals surface area (Å²) in [6, 6.07) is 5.01. The molecule has 0 spiro atoms. The minimum Gasteiger partial charge on any atom is -0.384 e. The van der Waals surface area contributed by atoms with Gasteiger partial charge in [0.05, 0.1) is 5.02 Å². The van der Waals surface area contributed by atoms with Crippen molar-refractivity contribution in [3.8, 4) is 11.8 Å². The van der Waals surface area contributed by atoms with Crippen molar-refractivity contribution >= 4 is 29.3 Å². The maximum absolute atomic E-state index is 12.0. The number of halogens is 1. The lowest BCUT2D eigenvalue weighted by atomic mass is 10.1. The SMILES string of the molecule is O=C(NCC1CCCS1)c1ccc(C#CCO)c(Cl)c1. The summed E-state index contributed by atoms with van der Waals surface area (Å²) < 4.78 is 0. The third kappa shape index (κ3) is 4.17. The van der Waals surface area contributed by atoms with Gasteiger partial charge in [0, 0.05) is 22.9 Å². The first-order valence-corrected chi connectivity index (χ1v) is 7.92. The molecule has 1 amide bonds. The molecule has 5 heteroatoms. The van der Waals surface area contributed by atoms with Crippen molar-refractivity contribution in [3.63, 3.8) is 0 Å². The molecule has 2 N–H and O–H groups in total. The van der Waals surface area contributed by atoms with Crippen LogP contribution in [0.2, 0.25) is 5.02 Å². The van der Waals surface area contributed by atoms with Crippen LogP contribution in [0.15, 0.2) is 18.2 Å². The highest BCUT2D eigenvalue weighted by Crippen LogP contribution is 2.25. The van der Waals surface area contributed by atoms with Gasteiger partial charge in [0.15, 0.2) is 0 Å². The van der Waals surface area contributed by atoms with E-state index in [4.69, 9.17) is 16.7 Å². The molecule has 1 aromatic rings. The lowest BCUT2D eigenvalue weighted by molar-refractivity contribution is 0.0953. The van der Waals surface area contributed by atoms with Crippen molar-refractivity contribution < 1.29 is 9.90 Å². The summed E-state index contributed by atoms with van der Waals surface area (Å²) in [4.78, 5) is 12.0. The fraction of sp³-hybridized carbons (Fsp3) is 0.400. The highest BCUT2D eigenvalue weighted by molar-refractivity contribution is 8.00. The van der Waals surface area contributed by atoms with Crippen LogP contribution in [0, 0.1) is 11.8 Å². The molecule has 0 aromatic heterocycles. The minimum absolute atomic E-state index is 0.110. The third-order valence-electron chi connectivity index (χ3n) is 3.05. The summed E-state index contributed by atoms with van der Waals surface area (Å²) in [5.74, 6) is 6.35. The van der Waals surface area contributed by atoms with Crippen LogP contribution in [0.5, 0.6) is 0 Å². The van der Waals surface area contributed by atoms with Gasteiger partial charge in [0.2, 0.25) is 0 Å². The Morgan fingerprint density at radius 3 is 3.05 bits per heavy atom. The summed E-state index contributed by atoms with van der Waals surface area (Å²) in [5, 5.41) is 12.5. The Kier molecular flexibility index (Phi) is 5.78. The monoisotopic (exact) mass is 309 g/mol. The van der Waals surface area contributed by atoms with Crippen LogP contribution in [0.25, 0.3) is 0 Å². The molecule has 20 heavy (non-hydrogen) atoms. The van der Waals surface area contributed by atoms with Crippen molar-refractivity contribution in [1.82, 2.24) is 5.32 Å². The van der Waals surface area contributed by atoms with Crippen LogP contribution in [-0.4, -0.2) is 35.2 Å². The Balaban J connectivity index is 1.97. The van der Waals surface area contributed by atoms with Gasteiger partial charge < -0.3 is 10.4 Å². The first-order chi connectivity index (χ1) is 9.70. The molecule has 0 aliphatic carbocycles. The average Bonchev–Trinajstić information content (AvgIpc) is 2.96. The van der Waals surface area contributed by atoms with Crippen molar-refractivity contribution in [2.24, 2.45) is 0 Å². The Morgan fingerprint density at radius 1 is 1.55 bits per heavy atom. The predicted molar refractivity (Wildman–Crippen MR) is 83.2 cm³/mol. The largest absolute Gasteiger partial charge is 0.384 e. The van der Waals surface area contributed by atoms with Gasteiger partial charge >= 0.3 is 0 Å². The maximum Gasteiger partial charge on any atom is 0.251 e. The van der Waals surface area contributed by atoms with E-state index in [0.29, 0.717) is 27.9 Å². The van der Waals surface area contributed by atoms with Crippen molar-refractivity contribution in [2.45, 2.75) is 18.1 Å². The van der Waals surface area contributed by atoms with Gasteiger partial charge in [0.1, 0.15) is 6.61 Å². The minimum atomic E-state index is -0.211. The number of amides is 1. The van der Waals surface area contributed by atoms with E-state index in [-0.39, 0.29) is 12.5 Å². The molecule has 2 rings (SSSR count). The zero-order valence-corrected chi connectivity index (χ0v) is 12.6. The Morgan fingerprint density at radius 2 is 2.40 bits per heavy atom. The molecule has 1 atom stereocenters. The second-order valence-corrected chi connectivity index (χ2v) is 6.32. The number of benzene rings is 1. The first-order valence-electron chi connectivity index (χ1n) is 6.50. The molecule has 1 fully saturated rings. The molecule has 106 valence electrons. The Hall–Kier alpha value is -1.15. The highest BCUT2D eigenvalue weighted by atomic mass is 35.5. The molecule has 0 radical (unpaired) electrons. The van der Waals surface area contributed by atoms with Crippen molar-refractivity contribution in [3.05, 3.63) is 34.3 Å². The highest BCUT2D eigenvalue weighted by Gasteiger charge is 2.16. The van der Waals surface area contributed by atoms with Gasteiger partial charge in [-0.1, -0.05) is 23.4 Å². The van der Waals surface area contributed by atoms with Gasteiger partial charge in [-0.15, -0.1) is 0 Å². The molecule has 1 heterocycles. The molecular formula is C15H16ClNO2S. The Bertz CT molecular complexity index is 545. The molecule has 1 aromatic carbocycles. The van der Waals surface area contributed by atoms with Gasteiger partial charge in [-0.3, -0.25) is 4.79 Å². The second-order valence-electron chi connectivity index (χ2n) is 4.50. The molecule has 1 unspecified atom stereocenters. The number of hydrogen-bond donors (Lipinski definition) is 2. The van der Waals surface area contributed by atoms with E-state index >= 15 is 0 Å². The quantitative estimate of drug-likeness (QED) is 0.842. The number of aliphatic hydroxyl groups excluding tert-OH is 1. The van der Waals surface area contributed by atoms with Crippen LogP contribution >= 0.6 is 23.4 Å². The van der Waals surface area contributed by atoms with E-state index < -0.39 is 0 Å². The van der Waals surface area contributed by atoms with Gasteiger partial charge in [-0.05, 0) is 36.8 Å². The van der Waals surface area contributed by atoms with Crippen LogP contribution in [0.4, 0.5) is 0 Å². The lowest BCUT2D eigenvalue weighted by Crippen LogP contribution is -2.29. The number of thioether (sulfide) groups is 1. The summed E-state index contributed by atoms with van der Waals surface area (Å²) in [5.41, 5.74) is 1.15. The molecule has 3 nitrogen and oxygen atoms in total. The first kappa shape index (κ1) is 15.2. The number of rotatable bonds is 3. The normalized spacial score (nSPS) is 17.4. The zero-order chi connectivity index (χ0) is 14.4. The van der Waals surface area contributed by atoms with Gasteiger partial charge in [0.25, 0.3) is 5.91 Å². The van der Waals surface area contributed by atoms with Gasteiger partial charge in [-0.25, -0.2) is 0 Å². The van der Waals surface area contributed by atoms with Crippen LogP contribution < -0.4 is 5.32 Å². The number of hydrogen-bond acceptors (Lipinski definition) is 3. The van der Waals surface area contributed by atoms with Gasteiger partial charge in [-0.2, -0.15) is 11.8 Å². The predicted octanol–water partition coefficient (Wildman–Crippen LogP) is 2.31. The summed E-state index contributed by atoms with van der Waals surface area (Å²) in [6.45, 7) is 0.491. The summed E-state index contributed by atoms with van der Waals surface area (Å²) in [7, 11) is 0. The van der Waals surface area contributed by atoms with E-state index in [1.54, 1.807) is 18.2 Å². The summed E-state index contributed by atoms with van der Waals surface area (Å²) >= 11 is 7.98. The van der Waals surface area contributed by atoms with E-state index in [9.17, 15) is 4.79 Å². The number of nitrogens with one attached hydrogen (secondary N) is 1. The molecule has 1 aliphatic rings. The van der Waals surface area contributed by atoms with Crippen molar-refractivity contribution in [1.29, 1.82) is 0 Å². The van der Waals surface area contributed by atoms with Crippen LogP contribution in [-0.2, 0) is 0 Å². The third-order valence-corrected chi connectivity index (χ3v) is 4.76. The van der Waals surface area contributed by atoms with E-state index in [1.807, 2.05) is 11.8 Å². The smallest absolute Gasteiger partial charge is 0.251 e. The standard InChI is InChI=1S/C15H16ClNO2S/c16-14-9-12(6-5-11(14)3-1-7-18)15(19)17-10-13-4-2-8-20-13/h5-6,9,13,18H,2,4,7-8,10H2,(H,17,19). The van der Waals surface area contributed by atoms with Crippen LogP contribution in [0.1, 0.15) is 28.8 Å². The molecule has 0 bridgehead atoms. The molecule has 0 saturated carbocycles. The fourth-order valence-corrected chi connectivity index (χ4v) is 3.44. The van der Waals surface area contributed by atoms with E-state index in [2.05, 4.69) is 17.2 Å². The molecule has 1 saturated heterocycles. The van der Waals surface area contributed by atoms with Crippen molar-refractivity contribution in [2.75, 3.05) is 18.9 Å². The number of carbonyl (C=O) groups is 1. The Labute approximate surface area is 128 Å². The number of carbonyl (C=O) groups excluding carboxylic acids is 1. The molecular weight excluding hydrogens is 294 g/mol. The summed E-state index contributed by atoms with van der Waals surface area (Å²) in [6.07, 6.45) is 2.40. The maximum atomic E-state index is 12.0. The van der Waals surface area contributed by atoms with E-state index in [0.717, 1.165) is 0 Å². The average molecular weight is 310 g/mol.